The topological polar surface area (TPSA) is 117 Å². The highest BCUT2D eigenvalue weighted by atomic mass is 16.2. The number of carbonyl (C=O) groups is 1. The van der Waals surface area contributed by atoms with Crippen LogP contribution in [0.25, 0.3) is 5.82 Å². The van der Waals surface area contributed by atoms with E-state index in [1.165, 1.54) is 15.4 Å². The normalized spacial score (nSPS) is 13.8. The van der Waals surface area contributed by atoms with Gasteiger partial charge in [0.25, 0.3) is 11.1 Å². The van der Waals surface area contributed by atoms with Crippen LogP contribution in [0.4, 0.5) is 0 Å². The van der Waals surface area contributed by atoms with Crippen molar-refractivity contribution in [2.24, 2.45) is 0 Å². The van der Waals surface area contributed by atoms with E-state index in [0.29, 0.717) is 5.82 Å². The summed E-state index contributed by atoms with van der Waals surface area (Å²) in [4.78, 5) is 37.1. The summed E-state index contributed by atoms with van der Waals surface area (Å²) in [5.74, 6) is 0.189. The molecule has 0 saturated carbocycles. The molecule has 1 aliphatic rings. The lowest BCUT2D eigenvalue weighted by atomic mass is 10.2. The van der Waals surface area contributed by atoms with Gasteiger partial charge in [-0.05, 0) is 57.7 Å². The van der Waals surface area contributed by atoms with Gasteiger partial charge in [-0.1, -0.05) is 0 Å². The van der Waals surface area contributed by atoms with E-state index in [9.17, 15) is 14.4 Å². The number of aryl methyl sites for hydroxylation is 4. The van der Waals surface area contributed by atoms with Gasteiger partial charge >= 0.3 is 0 Å². The van der Waals surface area contributed by atoms with Gasteiger partial charge in [0.1, 0.15) is 6.04 Å². The third kappa shape index (κ3) is 4.18. The Hall–Kier alpha value is -3.56. The number of aromatic nitrogens is 6. The summed E-state index contributed by atoms with van der Waals surface area (Å²) in [6, 6.07) is 5.80. The molecule has 3 heterocycles. The molecule has 31 heavy (non-hydrogen) atoms. The van der Waals surface area contributed by atoms with Gasteiger partial charge in [-0.2, -0.15) is 10.2 Å². The zero-order valence-electron chi connectivity index (χ0n) is 17.8. The maximum absolute atomic E-state index is 12.6. The zero-order valence-corrected chi connectivity index (χ0v) is 17.8. The number of nitrogens with one attached hydrogen (secondary N) is 1. The minimum Gasteiger partial charge on any atom is -0.352 e. The van der Waals surface area contributed by atoms with Crippen LogP contribution in [0.5, 0.6) is 0 Å². The molecular formula is C21H25N7O3. The molecular weight excluding hydrogens is 398 g/mol. The summed E-state index contributed by atoms with van der Waals surface area (Å²) in [7, 11) is 0. The first-order valence-corrected chi connectivity index (χ1v) is 10.3. The molecule has 1 aliphatic carbocycles. The van der Waals surface area contributed by atoms with Gasteiger partial charge in [0.15, 0.2) is 5.82 Å². The molecule has 10 heteroatoms. The Bertz CT molecular complexity index is 1250. The van der Waals surface area contributed by atoms with E-state index in [4.69, 9.17) is 0 Å². The molecule has 162 valence electrons. The SMILES string of the molecule is Cc1cc(C)n(-c2ccc(=O)n(CCNC(=O)[C@@H](C)n3nc4c(cc3=O)CCC4)n2)n1. The molecule has 1 atom stereocenters. The first kappa shape index (κ1) is 20.7. The van der Waals surface area contributed by atoms with Crippen molar-refractivity contribution in [2.75, 3.05) is 6.54 Å². The number of fused-ring (bicyclic) bond motifs is 1. The quantitative estimate of drug-likeness (QED) is 0.616. The maximum atomic E-state index is 12.6. The monoisotopic (exact) mass is 423 g/mol. The summed E-state index contributed by atoms with van der Waals surface area (Å²) < 4.78 is 4.18. The molecule has 4 rings (SSSR count). The van der Waals surface area contributed by atoms with E-state index >= 15 is 0 Å². The number of carbonyl (C=O) groups excluding carboxylic acids is 1. The third-order valence-electron chi connectivity index (χ3n) is 5.43. The highest BCUT2D eigenvalue weighted by Gasteiger charge is 2.21. The van der Waals surface area contributed by atoms with Gasteiger partial charge in [0.2, 0.25) is 5.91 Å². The van der Waals surface area contributed by atoms with Crippen molar-refractivity contribution < 1.29 is 4.79 Å². The van der Waals surface area contributed by atoms with Crippen LogP contribution in [0, 0.1) is 13.8 Å². The average Bonchev–Trinajstić information content (AvgIpc) is 3.33. The molecule has 10 nitrogen and oxygen atoms in total. The van der Waals surface area contributed by atoms with Crippen molar-refractivity contribution in [2.45, 2.75) is 52.6 Å². The first-order chi connectivity index (χ1) is 14.8. The summed E-state index contributed by atoms with van der Waals surface area (Å²) in [5.41, 5.74) is 3.07. The molecule has 0 unspecified atom stereocenters. The van der Waals surface area contributed by atoms with E-state index in [1.807, 2.05) is 19.9 Å². The fraction of sp³-hybridized carbons (Fsp3) is 0.429. The lowest BCUT2D eigenvalue weighted by molar-refractivity contribution is -0.124. The van der Waals surface area contributed by atoms with Crippen LogP contribution in [0.1, 0.15) is 42.0 Å². The standard InChI is InChI=1S/C21H25N7O3/c1-13-11-14(2)27(23-13)18-7-8-19(29)26(25-18)10-9-22-21(31)15(3)28-20(30)12-16-5-4-6-17(16)24-28/h7-8,11-12,15H,4-6,9-10H2,1-3H3,(H,22,31)/t15-/m1/s1. The maximum Gasteiger partial charge on any atom is 0.267 e. The van der Waals surface area contributed by atoms with E-state index < -0.39 is 6.04 Å². The van der Waals surface area contributed by atoms with Crippen LogP contribution in [0.2, 0.25) is 0 Å². The second-order valence-corrected chi connectivity index (χ2v) is 7.81. The number of amides is 1. The summed E-state index contributed by atoms with van der Waals surface area (Å²) >= 11 is 0. The van der Waals surface area contributed by atoms with Gasteiger partial charge in [0.05, 0.1) is 17.9 Å². The average molecular weight is 423 g/mol. The van der Waals surface area contributed by atoms with Crippen LogP contribution in [-0.2, 0) is 24.2 Å². The van der Waals surface area contributed by atoms with Gasteiger partial charge in [-0.15, -0.1) is 5.10 Å². The summed E-state index contributed by atoms with van der Waals surface area (Å²) in [6.07, 6.45) is 2.66. The molecule has 0 aromatic carbocycles. The highest BCUT2D eigenvalue weighted by molar-refractivity contribution is 5.79. The zero-order chi connectivity index (χ0) is 22.1. The Labute approximate surface area is 178 Å². The highest BCUT2D eigenvalue weighted by Crippen LogP contribution is 2.18. The predicted octanol–water partition coefficient (Wildman–Crippen LogP) is 0.469. The van der Waals surface area contributed by atoms with E-state index in [0.717, 1.165) is 41.9 Å². The molecule has 0 spiro atoms. The largest absolute Gasteiger partial charge is 0.352 e. The number of rotatable bonds is 6. The molecule has 0 aliphatic heterocycles. The fourth-order valence-electron chi connectivity index (χ4n) is 3.81. The molecule has 0 saturated heterocycles. The van der Waals surface area contributed by atoms with E-state index in [2.05, 4.69) is 20.6 Å². The van der Waals surface area contributed by atoms with Crippen LogP contribution < -0.4 is 16.4 Å². The Morgan fingerprint density at radius 1 is 1.10 bits per heavy atom. The lowest BCUT2D eigenvalue weighted by Crippen LogP contribution is -2.39. The van der Waals surface area contributed by atoms with Gasteiger partial charge < -0.3 is 5.32 Å². The van der Waals surface area contributed by atoms with Crippen molar-refractivity contribution in [1.29, 1.82) is 0 Å². The fourth-order valence-corrected chi connectivity index (χ4v) is 3.81. The Kier molecular flexibility index (Phi) is 5.53. The molecule has 0 fully saturated rings. The lowest BCUT2D eigenvalue weighted by Gasteiger charge is -2.15. The second-order valence-electron chi connectivity index (χ2n) is 7.81. The van der Waals surface area contributed by atoms with Gasteiger partial charge in [0, 0.05) is 24.4 Å². The van der Waals surface area contributed by atoms with Crippen LogP contribution in [0.3, 0.4) is 0 Å². The second kappa shape index (κ2) is 8.29. The van der Waals surface area contributed by atoms with Crippen LogP contribution in [-0.4, -0.2) is 41.8 Å². The molecule has 3 aromatic rings. The Morgan fingerprint density at radius 2 is 1.90 bits per heavy atom. The summed E-state index contributed by atoms with van der Waals surface area (Å²) in [6.45, 7) is 5.82. The smallest absolute Gasteiger partial charge is 0.267 e. The van der Waals surface area contributed by atoms with Gasteiger partial charge in [-0.3, -0.25) is 14.4 Å². The summed E-state index contributed by atoms with van der Waals surface area (Å²) in [5, 5.41) is 15.9. The third-order valence-corrected chi connectivity index (χ3v) is 5.43. The molecule has 1 N–H and O–H groups in total. The van der Waals surface area contributed by atoms with Crippen molar-refractivity contribution in [3.8, 4) is 5.82 Å². The molecule has 0 bridgehead atoms. The minimum atomic E-state index is -0.746. The first-order valence-electron chi connectivity index (χ1n) is 10.3. The molecule has 1 amide bonds. The Morgan fingerprint density at radius 3 is 2.65 bits per heavy atom. The predicted molar refractivity (Wildman–Crippen MR) is 113 cm³/mol. The van der Waals surface area contributed by atoms with Crippen molar-refractivity contribution >= 4 is 5.91 Å². The van der Waals surface area contributed by atoms with E-state index in [-0.39, 0.29) is 30.1 Å². The van der Waals surface area contributed by atoms with Gasteiger partial charge in [-0.25, -0.2) is 14.0 Å². The van der Waals surface area contributed by atoms with Crippen LogP contribution >= 0.6 is 0 Å². The van der Waals surface area contributed by atoms with Crippen molar-refractivity contribution in [3.05, 3.63) is 67.6 Å². The number of hydrogen-bond donors (Lipinski definition) is 1. The van der Waals surface area contributed by atoms with Crippen LogP contribution in [0.15, 0.2) is 33.9 Å². The Balaban J connectivity index is 1.43. The molecule has 3 aromatic heterocycles. The van der Waals surface area contributed by atoms with E-state index in [1.54, 1.807) is 23.7 Å². The number of hydrogen-bond acceptors (Lipinski definition) is 6. The van der Waals surface area contributed by atoms with Crippen molar-refractivity contribution in [1.82, 2.24) is 34.7 Å². The number of nitrogens with zero attached hydrogens (tertiary/aromatic N) is 6. The van der Waals surface area contributed by atoms with Crippen molar-refractivity contribution in [3.63, 3.8) is 0 Å². The molecule has 0 radical (unpaired) electrons. The minimum absolute atomic E-state index is 0.191.